The molecule has 17 heavy (non-hydrogen) atoms. The number of piperidine rings is 1. The summed E-state index contributed by atoms with van der Waals surface area (Å²) in [7, 11) is 0. The van der Waals surface area contributed by atoms with Gasteiger partial charge in [0.05, 0.1) is 0 Å². The molecule has 0 aliphatic carbocycles. The zero-order valence-electron chi connectivity index (χ0n) is 12.3. The Balaban J connectivity index is 2.50. The maximum Gasteiger partial charge on any atom is 0.00953 e. The summed E-state index contributed by atoms with van der Waals surface area (Å²) < 4.78 is 0. The highest BCUT2D eigenvalue weighted by atomic mass is 15.2. The Kier molecular flexibility index (Phi) is 7.14. The quantitative estimate of drug-likeness (QED) is 0.735. The lowest BCUT2D eigenvalue weighted by Crippen LogP contribution is -2.46. The van der Waals surface area contributed by atoms with Crippen LogP contribution in [-0.4, -0.2) is 36.6 Å². The van der Waals surface area contributed by atoms with Gasteiger partial charge in [-0.05, 0) is 58.5 Å². The van der Waals surface area contributed by atoms with E-state index in [1.165, 1.54) is 51.7 Å². The molecule has 102 valence electrons. The van der Waals surface area contributed by atoms with E-state index in [0.29, 0.717) is 6.04 Å². The lowest BCUT2D eigenvalue weighted by molar-refractivity contribution is 0.108. The first-order valence-corrected chi connectivity index (χ1v) is 7.65. The van der Waals surface area contributed by atoms with Gasteiger partial charge in [-0.2, -0.15) is 0 Å². The smallest absolute Gasteiger partial charge is 0.00953 e. The van der Waals surface area contributed by atoms with Crippen LogP contribution in [0.25, 0.3) is 0 Å². The van der Waals surface area contributed by atoms with Crippen molar-refractivity contribution < 1.29 is 0 Å². The van der Waals surface area contributed by atoms with Gasteiger partial charge in [0.25, 0.3) is 0 Å². The van der Waals surface area contributed by atoms with E-state index in [9.17, 15) is 0 Å². The highest BCUT2D eigenvalue weighted by molar-refractivity contribution is 4.79. The van der Waals surface area contributed by atoms with Crippen LogP contribution in [0, 0.1) is 5.92 Å². The lowest BCUT2D eigenvalue weighted by atomic mass is 9.96. The number of hydrogen-bond donors (Lipinski definition) is 1. The fourth-order valence-corrected chi connectivity index (χ4v) is 3.10. The molecule has 0 amide bonds. The van der Waals surface area contributed by atoms with Crippen molar-refractivity contribution in [3.63, 3.8) is 0 Å². The van der Waals surface area contributed by atoms with Crippen LogP contribution in [0.2, 0.25) is 0 Å². The molecule has 0 aromatic carbocycles. The van der Waals surface area contributed by atoms with Gasteiger partial charge in [-0.3, -0.25) is 4.90 Å². The van der Waals surface area contributed by atoms with Crippen LogP contribution in [0.15, 0.2) is 0 Å². The summed E-state index contributed by atoms with van der Waals surface area (Å²) in [5.41, 5.74) is 0. The number of nitrogens with zero attached hydrogens (tertiary/aromatic N) is 1. The Morgan fingerprint density at radius 3 is 2.53 bits per heavy atom. The minimum Gasteiger partial charge on any atom is -0.316 e. The summed E-state index contributed by atoms with van der Waals surface area (Å²) in [6.45, 7) is 13.1. The van der Waals surface area contributed by atoms with Gasteiger partial charge in [0.2, 0.25) is 0 Å². The maximum atomic E-state index is 3.54. The van der Waals surface area contributed by atoms with Crippen molar-refractivity contribution in [2.24, 2.45) is 5.92 Å². The van der Waals surface area contributed by atoms with Crippen molar-refractivity contribution in [1.29, 1.82) is 0 Å². The average molecular weight is 240 g/mol. The SMILES string of the molecule is CCCC(CC)N(CC1CCCNC1)C(C)C. The van der Waals surface area contributed by atoms with E-state index < -0.39 is 0 Å². The highest BCUT2D eigenvalue weighted by Gasteiger charge is 2.23. The summed E-state index contributed by atoms with van der Waals surface area (Å²) in [5.74, 6) is 0.872. The predicted molar refractivity (Wildman–Crippen MR) is 76.4 cm³/mol. The zero-order valence-corrected chi connectivity index (χ0v) is 12.3. The van der Waals surface area contributed by atoms with Crippen molar-refractivity contribution in [2.45, 2.75) is 71.9 Å². The molecular weight excluding hydrogens is 208 g/mol. The normalized spacial score (nSPS) is 23.3. The van der Waals surface area contributed by atoms with Gasteiger partial charge in [-0.25, -0.2) is 0 Å². The van der Waals surface area contributed by atoms with Crippen molar-refractivity contribution in [2.75, 3.05) is 19.6 Å². The number of nitrogens with one attached hydrogen (secondary N) is 1. The monoisotopic (exact) mass is 240 g/mol. The van der Waals surface area contributed by atoms with Crippen LogP contribution < -0.4 is 5.32 Å². The average Bonchev–Trinajstić information content (AvgIpc) is 2.34. The fourth-order valence-electron chi connectivity index (χ4n) is 3.10. The van der Waals surface area contributed by atoms with Gasteiger partial charge in [-0.15, -0.1) is 0 Å². The molecule has 1 saturated heterocycles. The Morgan fingerprint density at radius 1 is 1.29 bits per heavy atom. The number of hydrogen-bond acceptors (Lipinski definition) is 2. The maximum absolute atomic E-state index is 3.54. The molecule has 0 saturated carbocycles. The van der Waals surface area contributed by atoms with E-state index >= 15 is 0 Å². The van der Waals surface area contributed by atoms with Gasteiger partial charge in [0.15, 0.2) is 0 Å². The molecule has 0 spiro atoms. The second-order valence-electron chi connectivity index (χ2n) is 5.85. The fraction of sp³-hybridized carbons (Fsp3) is 1.00. The second-order valence-corrected chi connectivity index (χ2v) is 5.85. The van der Waals surface area contributed by atoms with Gasteiger partial charge in [0.1, 0.15) is 0 Å². The minimum absolute atomic E-state index is 0.688. The molecule has 2 unspecified atom stereocenters. The Bertz CT molecular complexity index is 185. The van der Waals surface area contributed by atoms with E-state index in [1.54, 1.807) is 0 Å². The molecule has 2 heteroatoms. The van der Waals surface area contributed by atoms with E-state index in [2.05, 4.69) is 37.9 Å². The summed E-state index contributed by atoms with van der Waals surface area (Å²) in [6.07, 6.45) is 6.74. The molecule has 2 atom stereocenters. The van der Waals surface area contributed by atoms with Crippen molar-refractivity contribution in [3.05, 3.63) is 0 Å². The van der Waals surface area contributed by atoms with E-state index in [-0.39, 0.29) is 0 Å². The largest absolute Gasteiger partial charge is 0.316 e. The van der Waals surface area contributed by atoms with Crippen molar-refractivity contribution >= 4 is 0 Å². The van der Waals surface area contributed by atoms with Gasteiger partial charge >= 0.3 is 0 Å². The Hall–Kier alpha value is -0.0800. The third-order valence-electron chi connectivity index (χ3n) is 4.09. The molecule has 1 aliphatic rings. The topological polar surface area (TPSA) is 15.3 Å². The molecular formula is C15H32N2. The first-order chi connectivity index (χ1) is 8.19. The molecule has 1 fully saturated rings. The van der Waals surface area contributed by atoms with Crippen LogP contribution in [0.5, 0.6) is 0 Å². The summed E-state index contributed by atoms with van der Waals surface area (Å²) in [5, 5.41) is 3.54. The molecule has 0 aromatic heterocycles. The Labute approximate surface area is 108 Å². The van der Waals surface area contributed by atoms with Crippen LogP contribution in [0.3, 0.4) is 0 Å². The number of rotatable bonds is 7. The van der Waals surface area contributed by atoms with Gasteiger partial charge < -0.3 is 5.32 Å². The molecule has 2 nitrogen and oxygen atoms in total. The van der Waals surface area contributed by atoms with E-state index in [4.69, 9.17) is 0 Å². The van der Waals surface area contributed by atoms with Crippen molar-refractivity contribution in [3.8, 4) is 0 Å². The summed E-state index contributed by atoms with van der Waals surface area (Å²) >= 11 is 0. The zero-order chi connectivity index (χ0) is 12.7. The highest BCUT2D eigenvalue weighted by Crippen LogP contribution is 2.19. The van der Waals surface area contributed by atoms with E-state index in [0.717, 1.165) is 12.0 Å². The predicted octanol–water partition coefficient (Wildman–Crippen LogP) is 3.28. The first-order valence-electron chi connectivity index (χ1n) is 7.65. The van der Waals surface area contributed by atoms with Crippen molar-refractivity contribution in [1.82, 2.24) is 10.2 Å². The molecule has 1 aliphatic heterocycles. The minimum atomic E-state index is 0.688. The molecule has 1 rings (SSSR count). The standard InChI is InChI=1S/C15H32N2/c1-5-8-15(6-2)17(13(3)4)12-14-9-7-10-16-11-14/h13-16H,5-12H2,1-4H3. The molecule has 0 aromatic rings. The molecule has 0 bridgehead atoms. The first kappa shape index (κ1) is 15.0. The third kappa shape index (κ3) is 4.97. The molecule has 1 heterocycles. The van der Waals surface area contributed by atoms with Crippen LogP contribution in [0.1, 0.15) is 59.8 Å². The molecule has 1 N–H and O–H groups in total. The van der Waals surface area contributed by atoms with E-state index in [1.807, 2.05) is 0 Å². The van der Waals surface area contributed by atoms with Crippen LogP contribution in [0.4, 0.5) is 0 Å². The van der Waals surface area contributed by atoms with Crippen LogP contribution in [-0.2, 0) is 0 Å². The third-order valence-corrected chi connectivity index (χ3v) is 4.09. The summed E-state index contributed by atoms with van der Waals surface area (Å²) in [6, 6.07) is 1.48. The summed E-state index contributed by atoms with van der Waals surface area (Å²) in [4.78, 5) is 2.75. The lowest BCUT2D eigenvalue weighted by Gasteiger charge is -2.38. The second kappa shape index (κ2) is 8.10. The van der Waals surface area contributed by atoms with Gasteiger partial charge in [0, 0.05) is 18.6 Å². The molecule has 0 radical (unpaired) electrons. The Morgan fingerprint density at radius 2 is 2.06 bits per heavy atom. The van der Waals surface area contributed by atoms with Crippen LogP contribution >= 0.6 is 0 Å². The van der Waals surface area contributed by atoms with Gasteiger partial charge in [-0.1, -0.05) is 20.3 Å².